The minimum Gasteiger partial charge on any atom is -0.484 e. The number of hydrogen-bond donors (Lipinski definition) is 2. The van der Waals surface area contributed by atoms with Gasteiger partial charge in [-0.1, -0.05) is 19.1 Å². The van der Waals surface area contributed by atoms with Crippen molar-refractivity contribution in [2.24, 2.45) is 0 Å². The van der Waals surface area contributed by atoms with Gasteiger partial charge >= 0.3 is 6.18 Å². The van der Waals surface area contributed by atoms with Gasteiger partial charge in [-0.15, -0.1) is 0 Å². The van der Waals surface area contributed by atoms with Crippen molar-refractivity contribution in [3.8, 4) is 5.75 Å². The van der Waals surface area contributed by atoms with E-state index in [0.29, 0.717) is 18.4 Å². The zero-order valence-corrected chi connectivity index (χ0v) is 17.9. The highest BCUT2D eigenvalue weighted by Gasteiger charge is 2.42. The molecule has 34 heavy (non-hydrogen) atoms. The highest BCUT2D eigenvalue weighted by molar-refractivity contribution is 6.07. The summed E-state index contributed by atoms with van der Waals surface area (Å²) in [4.78, 5) is 47.2. The molecule has 1 aliphatic heterocycles. The topological polar surface area (TPSA) is 128 Å². The number of benzene rings is 2. The molecule has 1 aliphatic rings. The summed E-state index contributed by atoms with van der Waals surface area (Å²) in [5.74, 6) is -2.04. The van der Waals surface area contributed by atoms with Crippen LogP contribution in [-0.4, -0.2) is 35.4 Å². The van der Waals surface area contributed by atoms with Crippen molar-refractivity contribution < 1.29 is 37.2 Å². The van der Waals surface area contributed by atoms with Gasteiger partial charge < -0.3 is 10.1 Å². The molecule has 3 amide bonds. The molecule has 1 heterocycles. The molecule has 1 saturated heterocycles. The van der Waals surface area contributed by atoms with E-state index in [0.717, 1.165) is 18.2 Å². The molecule has 0 aromatic heterocycles. The van der Waals surface area contributed by atoms with Crippen molar-refractivity contribution in [2.45, 2.75) is 37.8 Å². The van der Waals surface area contributed by atoms with E-state index >= 15 is 0 Å². The molecule has 1 fully saturated rings. The first kappa shape index (κ1) is 24.7. The van der Waals surface area contributed by atoms with Crippen molar-refractivity contribution in [3.05, 3.63) is 63.7 Å². The monoisotopic (exact) mass is 479 g/mol. The molecule has 2 aromatic carbocycles. The van der Waals surface area contributed by atoms with Gasteiger partial charge in [0.2, 0.25) is 11.8 Å². The lowest BCUT2D eigenvalue weighted by Crippen LogP contribution is -2.51. The Hall–Kier alpha value is -3.96. The first-order valence-corrected chi connectivity index (χ1v) is 10.2. The number of hydrogen-bond acceptors (Lipinski definition) is 6. The van der Waals surface area contributed by atoms with Crippen LogP contribution < -0.4 is 15.4 Å². The molecule has 0 spiro atoms. The molecule has 0 radical (unpaired) electrons. The van der Waals surface area contributed by atoms with Crippen LogP contribution >= 0.6 is 0 Å². The van der Waals surface area contributed by atoms with Crippen LogP contribution in [0.3, 0.4) is 0 Å². The quantitative estimate of drug-likeness (QED) is 0.353. The van der Waals surface area contributed by atoms with Crippen LogP contribution in [0.5, 0.6) is 5.75 Å². The first-order chi connectivity index (χ1) is 15.9. The summed E-state index contributed by atoms with van der Waals surface area (Å²) < 4.78 is 41.8. The number of nitro groups is 1. The van der Waals surface area contributed by atoms with Gasteiger partial charge in [0.1, 0.15) is 11.3 Å². The molecule has 0 aliphatic carbocycles. The number of alkyl halides is 3. The van der Waals surface area contributed by atoms with E-state index in [1.807, 2.05) is 6.92 Å². The number of anilines is 1. The van der Waals surface area contributed by atoms with Gasteiger partial charge in [0.05, 0.1) is 10.3 Å². The second-order valence-electron chi connectivity index (χ2n) is 7.68. The summed E-state index contributed by atoms with van der Waals surface area (Å²) in [6.07, 6.45) is -3.66. The van der Waals surface area contributed by atoms with E-state index < -0.39 is 46.2 Å². The second kappa shape index (κ2) is 9.49. The number of ether oxygens (including phenoxy) is 1. The smallest absolute Gasteiger partial charge is 0.422 e. The highest BCUT2D eigenvalue weighted by Crippen LogP contribution is 2.36. The van der Waals surface area contributed by atoms with Crippen LogP contribution in [-0.2, 0) is 15.0 Å². The number of nitro benzene ring substituents is 1. The minimum absolute atomic E-state index is 0.189. The molecule has 12 heteroatoms. The van der Waals surface area contributed by atoms with E-state index in [-0.39, 0.29) is 23.8 Å². The predicted molar refractivity (Wildman–Crippen MR) is 113 cm³/mol. The van der Waals surface area contributed by atoms with Gasteiger partial charge in [0, 0.05) is 18.2 Å². The maximum Gasteiger partial charge on any atom is 0.422 e. The number of nitrogens with one attached hydrogen (secondary N) is 2. The first-order valence-electron chi connectivity index (χ1n) is 10.2. The van der Waals surface area contributed by atoms with E-state index in [1.54, 1.807) is 12.1 Å². The fourth-order valence-corrected chi connectivity index (χ4v) is 3.75. The number of halogens is 3. The molecule has 1 unspecified atom stereocenters. The average Bonchev–Trinajstić information content (AvgIpc) is 2.78. The van der Waals surface area contributed by atoms with E-state index in [4.69, 9.17) is 0 Å². The number of carbonyl (C=O) groups is 3. The Morgan fingerprint density at radius 2 is 1.88 bits per heavy atom. The predicted octanol–water partition coefficient (Wildman–Crippen LogP) is 3.87. The fraction of sp³-hybridized carbons (Fsp3) is 0.318. The number of imide groups is 1. The van der Waals surface area contributed by atoms with E-state index in [1.165, 1.54) is 12.1 Å². The van der Waals surface area contributed by atoms with E-state index in [9.17, 15) is 37.7 Å². The van der Waals surface area contributed by atoms with Crippen LogP contribution in [0.2, 0.25) is 0 Å². The summed E-state index contributed by atoms with van der Waals surface area (Å²) in [5, 5.41) is 16.1. The Morgan fingerprint density at radius 3 is 2.44 bits per heavy atom. The number of piperidine rings is 1. The van der Waals surface area contributed by atoms with Crippen LogP contribution in [0.1, 0.15) is 42.1 Å². The number of rotatable bonds is 7. The standard InChI is InChI=1S/C22H20F3N3O6/c1-2-21(10-9-18(29)27-20(21)31)13-3-5-14(6-4-13)26-19(30)16-11-15(34-12-22(23,24)25)7-8-17(16)28(32)33/h3-8,11H,2,9-10,12H2,1H3,(H,26,30)(H,27,29,31). The normalized spacial score (nSPS) is 18.2. The molecule has 2 N–H and O–H groups in total. The SMILES string of the molecule is CCC1(c2ccc(NC(=O)c3cc(OCC(F)(F)F)ccc3[N+](=O)[O-])cc2)CCC(=O)NC1=O. The summed E-state index contributed by atoms with van der Waals surface area (Å²) in [6.45, 7) is 0.198. The third kappa shape index (κ3) is 5.33. The maximum atomic E-state index is 12.7. The Balaban J connectivity index is 1.82. The highest BCUT2D eigenvalue weighted by atomic mass is 19.4. The lowest BCUT2D eigenvalue weighted by Gasteiger charge is -2.35. The minimum atomic E-state index is -4.62. The molecule has 9 nitrogen and oxygen atoms in total. The Bertz CT molecular complexity index is 1130. The van der Waals surface area contributed by atoms with Crippen LogP contribution in [0.15, 0.2) is 42.5 Å². The van der Waals surface area contributed by atoms with Crippen molar-refractivity contribution in [1.82, 2.24) is 5.32 Å². The number of amides is 3. The maximum absolute atomic E-state index is 12.7. The second-order valence-corrected chi connectivity index (χ2v) is 7.68. The van der Waals surface area contributed by atoms with Gasteiger partial charge in [0.25, 0.3) is 11.6 Å². The van der Waals surface area contributed by atoms with Crippen molar-refractivity contribution in [2.75, 3.05) is 11.9 Å². The van der Waals surface area contributed by atoms with Gasteiger partial charge in [0.15, 0.2) is 6.61 Å². The van der Waals surface area contributed by atoms with Crippen LogP contribution in [0, 0.1) is 10.1 Å². The van der Waals surface area contributed by atoms with Crippen LogP contribution in [0.25, 0.3) is 0 Å². The van der Waals surface area contributed by atoms with Crippen LogP contribution in [0.4, 0.5) is 24.5 Å². The van der Waals surface area contributed by atoms with Gasteiger partial charge in [-0.05, 0) is 42.7 Å². The summed E-state index contributed by atoms with van der Waals surface area (Å²) in [7, 11) is 0. The summed E-state index contributed by atoms with van der Waals surface area (Å²) in [5.41, 5.74) is -1.13. The average molecular weight is 479 g/mol. The molecule has 180 valence electrons. The molecule has 0 bridgehead atoms. The van der Waals surface area contributed by atoms with Gasteiger partial charge in [-0.25, -0.2) is 0 Å². The van der Waals surface area contributed by atoms with E-state index in [2.05, 4.69) is 15.4 Å². The zero-order valence-electron chi connectivity index (χ0n) is 17.9. The molecular formula is C22H20F3N3O6. The van der Waals surface area contributed by atoms with Gasteiger partial charge in [-0.3, -0.25) is 29.8 Å². The Kier molecular flexibility index (Phi) is 6.89. The molecule has 2 aromatic rings. The van der Waals surface area contributed by atoms with Crippen molar-refractivity contribution in [1.29, 1.82) is 0 Å². The largest absolute Gasteiger partial charge is 0.484 e. The molecular weight excluding hydrogens is 459 g/mol. The Labute approximate surface area is 191 Å². The fourth-order valence-electron chi connectivity index (χ4n) is 3.75. The molecule has 0 saturated carbocycles. The van der Waals surface area contributed by atoms with Gasteiger partial charge in [-0.2, -0.15) is 13.2 Å². The summed E-state index contributed by atoms with van der Waals surface area (Å²) in [6, 6.07) is 8.91. The Morgan fingerprint density at radius 1 is 1.21 bits per heavy atom. The lowest BCUT2D eigenvalue weighted by molar-refractivity contribution is -0.385. The third-order valence-electron chi connectivity index (χ3n) is 5.58. The summed E-state index contributed by atoms with van der Waals surface area (Å²) >= 11 is 0. The number of nitrogens with zero attached hydrogens (tertiary/aromatic N) is 1. The van der Waals surface area contributed by atoms with Crippen molar-refractivity contribution in [3.63, 3.8) is 0 Å². The zero-order chi connectivity index (χ0) is 25.1. The molecule has 1 atom stereocenters. The third-order valence-corrected chi connectivity index (χ3v) is 5.58. The lowest BCUT2D eigenvalue weighted by atomic mass is 9.72. The molecule has 3 rings (SSSR count). The number of carbonyl (C=O) groups excluding carboxylic acids is 3. The van der Waals surface area contributed by atoms with Crippen molar-refractivity contribution >= 4 is 29.1 Å².